The van der Waals surface area contributed by atoms with E-state index < -0.39 is 11.4 Å². The number of aromatic amines is 1. The number of fused-ring (bicyclic) bond motifs is 1. The number of H-pyrrole nitrogens is 1. The first-order valence-corrected chi connectivity index (χ1v) is 10.6. The number of nitrogens with one attached hydrogen (secondary N) is 2. The molecule has 0 aliphatic rings. The minimum atomic E-state index is -1.17. The number of hydrogen-bond donors (Lipinski definition) is 2. The first kappa shape index (κ1) is 19.2. The lowest BCUT2D eigenvalue weighted by Gasteiger charge is -2.17. The number of nitrogens with zero attached hydrogens (tertiary/aromatic N) is 1. The maximum absolute atomic E-state index is 12.4. The summed E-state index contributed by atoms with van der Waals surface area (Å²) in [5.74, 6) is 1.86. The molecule has 0 saturated carbocycles. The highest BCUT2D eigenvalue weighted by Gasteiger charge is 2.18. The molecule has 2 heterocycles. The second-order valence-corrected chi connectivity index (χ2v) is 8.07. The van der Waals surface area contributed by atoms with Crippen LogP contribution in [0.3, 0.4) is 0 Å². The molecule has 6 nitrogen and oxygen atoms in total. The number of aryl methyl sites for hydroxylation is 1. The van der Waals surface area contributed by atoms with E-state index in [1.165, 1.54) is 0 Å². The van der Waals surface area contributed by atoms with Crippen molar-refractivity contribution in [2.45, 2.75) is 13.8 Å². The van der Waals surface area contributed by atoms with Crippen molar-refractivity contribution in [3.05, 3.63) is 77.8 Å². The molecule has 0 aliphatic carbocycles. The fourth-order valence-corrected chi connectivity index (χ4v) is 3.74. The molecule has 29 heavy (non-hydrogen) atoms. The Morgan fingerprint density at radius 2 is 1.86 bits per heavy atom. The van der Waals surface area contributed by atoms with Crippen molar-refractivity contribution in [1.82, 2.24) is 4.98 Å². The molecule has 0 amide bonds. The fraction of sp³-hybridized carbons (Fsp3) is 0.136. The summed E-state index contributed by atoms with van der Waals surface area (Å²) in [5.41, 5.74) is 3.45. The zero-order valence-corrected chi connectivity index (χ0v) is 17.0. The van der Waals surface area contributed by atoms with Gasteiger partial charge in [-0.1, -0.05) is 18.2 Å². The van der Waals surface area contributed by atoms with Gasteiger partial charge in [0.2, 0.25) is 0 Å². The number of anilines is 1. The third kappa shape index (κ3) is 3.87. The summed E-state index contributed by atoms with van der Waals surface area (Å²) in [6.07, 6.45) is 1.74. The van der Waals surface area contributed by atoms with Crippen LogP contribution in [0.1, 0.15) is 12.6 Å². The van der Waals surface area contributed by atoms with Gasteiger partial charge in [-0.15, -0.1) is 0 Å². The molecule has 0 fully saturated rings. The summed E-state index contributed by atoms with van der Waals surface area (Å²) in [6, 6.07) is 18.8. The Hall–Kier alpha value is -3.16. The smallest absolute Gasteiger partial charge is 0.290 e. The summed E-state index contributed by atoms with van der Waals surface area (Å²) >= 11 is -1.17. The van der Waals surface area contributed by atoms with Gasteiger partial charge in [-0.2, -0.15) is 0 Å². The van der Waals surface area contributed by atoms with Crippen LogP contribution < -0.4 is 14.2 Å². The minimum Gasteiger partial charge on any atom is -0.710 e. The number of benzene rings is 2. The lowest BCUT2D eigenvalue weighted by atomic mass is 10.0. The van der Waals surface area contributed by atoms with Crippen LogP contribution in [0.2, 0.25) is 0 Å². The quantitative estimate of drug-likeness (QED) is 0.276. The molecular formula is C22H21N3O3S. The van der Waals surface area contributed by atoms with E-state index in [1.807, 2.05) is 67.6 Å². The van der Waals surface area contributed by atoms with Crippen molar-refractivity contribution < 1.29 is 14.0 Å². The zero-order valence-electron chi connectivity index (χ0n) is 16.1. The van der Waals surface area contributed by atoms with E-state index in [-0.39, 0.29) is 0 Å². The summed E-state index contributed by atoms with van der Waals surface area (Å²) < 4.78 is 22.0. The van der Waals surface area contributed by atoms with Gasteiger partial charge in [0.1, 0.15) is 22.9 Å². The van der Waals surface area contributed by atoms with Crippen molar-refractivity contribution in [3.8, 4) is 22.6 Å². The van der Waals surface area contributed by atoms with E-state index in [4.69, 9.17) is 4.74 Å². The molecule has 2 aromatic heterocycles. The van der Waals surface area contributed by atoms with Crippen LogP contribution >= 0.6 is 0 Å². The van der Waals surface area contributed by atoms with Gasteiger partial charge in [0.05, 0.1) is 28.6 Å². The molecule has 148 valence electrons. The summed E-state index contributed by atoms with van der Waals surface area (Å²) in [7, 11) is 0. The molecule has 0 bridgehead atoms. The molecule has 2 N–H and O–H groups in total. The van der Waals surface area contributed by atoms with Gasteiger partial charge in [-0.3, -0.25) is 0 Å². The molecule has 0 saturated heterocycles. The Morgan fingerprint density at radius 1 is 1.07 bits per heavy atom. The largest absolute Gasteiger partial charge is 0.710 e. The van der Waals surface area contributed by atoms with Gasteiger partial charge in [0, 0.05) is 11.1 Å². The molecule has 1 atom stereocenters. The van der Waals surface area contributed by atoms with Crippen LogP contribution in [-0.4, -0.2) is 15.3 Å². The van der Waals surface area contributed by atoms with E-state index in [9.17, 15) is 9.76 Å². The standard InChI is InChI=1S/C22H21N3O3S/c1-3-29(27)24-16-9-10-21(28-17-7-5-4-6-8-17)20(14-16)19-13-15(2)25(26)22-18(19)11-12-23-22/h4-14,23-24H,3H2,1-2H3. The second-order valence-electron chi connectivity index (χ2n) is 6.60. The molecule has 4 rings (SSSR count). The van der Waals surface area contributed by atoms with Crippen LogP contribution in [-0.2, 0) is 11.4 Å². The number of para-hydroxylation sites is 1. The minimum absolute atomic E-state index is 0.487. The second kappa shape index (κ2) is 8.06. The van der Waals surface area contributed by atoms with Crippen LogP contribution in [0, 0.1) is 12.1 Å². The maximum atomic E-state index is 12.4. The Labute approximate surface area is 172 Å². The van der Waals surface area contributed by atoms with E-state index in [1.54, 1.807) is 13.1 Å². The molecule has 4 aromatic rings. The Kier molecular flexibility index (Phi) is 5.33. The van der Waals surface area contributed by atoms with Crippen molar-refractivity contribution in [2.24, 2.45) is 0 Å². The van der Waals surface area contributed by atoms with Crippen LogP contribution in [0.25, 0.3) is 22.2 Å². The molecule has 2 aromatic carbocycles. The third-order valence-electron chi connectivity index (χ3n) is 4.63. The first-order valence-electron chi connectivity index (χ1n) is 9.29. The van der Waals surface area contributed by atoms with Gasteiger partial charge in [-0.05, 0) is 56.3 Å². The summed E-state index contributed by atoms with van der Waals surface area (Å²) in [6.45, 7) is 3.62. The lowest BCUT2D eigenvalue weighted by molar-refractivity contribution is -0.586. The average Bonchev–Trinajstić information content (AvgIpc) is 3.23. The van der Waals surface area contributed by atoms with E-state index >= 15 is 0 Å². The Morgan fingerprint density at radius 3 is 2.62 bits per heavy atom. The van der Waals surface area contributed by atoms with E-state index in [0.717, 1.165) is 26.9 Å². The molecule has 0 aliphatic heterocycles. The normalized spacial score (nSPS) is 12.1. The molecule has 0 spiro atoms. The summed E-state index contributed by atoms with van der Waals surface area (Å²) in [4.78, 5) is 3.01. The zero-order chi connectivity index (χ0) is 20.4. The number of rotatable bonds is 6. The number of ether oxygens (including phenoxy) is 1. The van der Waals surface area contributed by atoms with Crippen LogP contribution in [0.5, 0.6) is 11.5 Å². The van der Waals surface area contributed by atoms with Gasteiger partial charge in [0.25, 0.3) is 5.65 Å². The predicted molar refractivity (Wildman–Crippen MR) is 116 cm³/mol. The topological polar surface area (TPSA) is 87.0 Å². The SMILES string of the molecule is CC[S+]([O-])Nc1ccc(Oc2ccccc2)c(-c2cc(C)[n+]([O-])c3[nH]ccc23)c1. The predicted octanol–water partition coefficient (Wildman–Crippen LogP) is 4.66. The average molecular weight is 407 g/mol. The third-order valence-corrected chi connectivity index (χ3v) is 5.61. The van der Waals surface area contributed by atoms with Crippen molar-refractivity contribution in [1.29, 1.82) is 0 Å². The van der Waals surface area contributed by atoms with E-state index in [0.29, 0.717) is 28.6 Å². The Balaban J connectivity index is 1.88. The van der Waals surface area contributed by atoms with Crippen LogP contribution in [0.4, 0.5) is 5.69 Å². The van der Waals surface area contributed by atoms with Crippen molar-refractivity contribution >= 4 is 28.1 Å². The van der Waals surface area contributed by atoms with E-state index in [2.05, 4.69) is 9.71 Å². The molecular weight excluding hydrogens is 386 g/mol. The van der Waals surface area contributed by atoms with Crippen molar-refractivity contribution in [3.63, 3.8) is 0 Å². The van der Waals surface area contributed by atoms with Gasteiger partial charge in [-0.25, -0.2) is 14.4 Å². The fourth-order valence-electron chi connectivity index (χ4n) is 3.20. The van der Waals surface area contributed by atoms with Gasteiger partial charge in [0.15, 0.2) is 0 Å². The highest BCUT2D eigenvalue weighted by Crippen LogP contribution is 2.38. The van der Waals surface area contributed by atoms with Gasteiger partial charge < -0.3 is 14.5 Å². The molecule has 1 unspecified atom stereocenters. The van der Waals surface area contributed by atoms with Gasteiger partial charge >= 0.3 is 0 Å². The highest BCUT2D eigenvalue weighted by atomic mass is 32.2. The Bertz CT molecular complexity index is 1140. The highest BCUT2D eigenvalue weighted by molar-refractivity contribution is 7.92. The maximum Gasteiger partial charge on any atom is 0.290 e. The monoisotopic (exact) mass is 407 g/mol. The first-order chi connectivity index (χ1) is 14.1. The summed E-state index contributed by atoms with van der Waals surface area (Å²) in [5, 5.41) is 13.2. The number of aromatic nitrogens is 2. The molecule has 7 heteroatoms. The molecule has 0 radical (unpaired) electrons. The number of hydrogen-bond acceptors (Lipinski definition) is 4. The lowest BCUT2D eigenvalue weighted by Crippen LogP contribution is -2.31. The number of pyridine rings is 1. The van der Waals surface area contributed by atoms with Crippen molar-refractivity contribution in [2.75, 3.05) is 10.5 Å². The van der Waals surface area contributed by atoms with Crippen LogP contribution in [0.15, 0.2) is 66.9 Å².